The molecule has 0 N–H and O–H groups in total. The van der Waals surface area contributed by atoms with Crippen molar-refractivity contribution in [2.45, 2.75) is 23.7 Å². The second kappa shape index (κ2) is 13.2. The van der Waals surface area contributed by atoms with Crippen molar-refractivity contribution in [2.24, 2.45) is 0 Å². The quantitative estimate of drug-likeness (QED) is 0.108. The largest absolute Gasteiger partial charge is 0.497 e. The Bertz CT molecular complexity index is 1530. The number of esters is 1. The standard InChI is InChI=1S/C33H29BrNO5PS/c1-23(36)42-32-29(34)30(37)35(32)31(33(38)40-22-24-18-20-25(39-2)21-19-24)41(26-12-6-3-7-13-26,27-14-8-4-9-15-27)28-16-10-5-11-17-28/h3-21,29,32H,22H2,1-2H3/t29-,32-/m1/s1. The van der Waals surface area contributed by atoms with E-state index < -0.39 is 23.1 Å². The monoisotopic (exact) mass is 661 g/mol. The summed E-state index contributed by atoms with van der Waals surface area (Å²) in [4.78, 5) is 41.5. The van der Waals surface area contributed by atoms with Crippen molar-refractivity contribution in [3.05, 3.63) is 121 Å². The number of carbonyl (C=O) groups is 3. The Morgan fingerprint density at radius 3 is 1.71 bits per heavy atom. The molecular weight excluding hydrogens is 633 g/mol. The van der Waals surface area contributed by atoms with E-state index in [-0.39, 0.29) is 23.0 Å². The Morgan fingerprint density at radius 2 is 1.29 bits per heavy atom. The lowest BCUT2D eigenvalue weighted by Gasteiger charge is -2.47. The van der Waals surface area contributed by atoms with Gasteiger partial charge in [-0.05, 0) is 33.6 Å². The van der Waals surface area contributed by atoms with Crippen LogP contribution in [0.25, 0.3) is 0 Å². The van der Waals surface area contributed by atoms with Crippen LogP contribution < -0.4 is 20.7 Å². The maximum atomic E-state index is 14.6. The van der Waals surface area contributed by atoms with Crippen LogP contribution in [-0.2, 0) is 25.7 Å². The highest BCUT2D eigenvalue weighted by Gasteiger charge is 2.53. The fourth-order valence-corrected chi connectivity index (χ4v) is 11.2. The van der Waals surface area contributed by atoms with Crippen LogP contribution in [0.5, 0.6) is 5.75 Å². The number of amides is 1. The predicted molar refractivity (Wildman–Crippen MR) is 175 cm³/mol. The van der Waals surface area contributed by atoms with Gasteiger partial charge in [0, 0.05) is 13.8 Å². The maximum absolute atomic E-state index is 14.6. The normalized spacial score (nSPS) is 16.4. The summed E-state index contributed by atoms with van der Waals surface area (Å²) in [6.45, 7) is -1.58. The molecule has 0 spiro atoms. The van der Waals surface area contributed by atoms with Gasteiger partial charge < -0.3 is 9.47 Å². The van der Waals surface area contributed by atoms with Crippen molar-refractivity contribution in [1.82, 2.24) is 4.90 Å². The zero-order valence-electron chi connectivity index (χ0n) is 23.1. The van der Waals surface area contributed by atoms with Crippen LogP contribution in [0, 0.1) is 0 Å². The number of β-lactam (4-membered cyclic amide) rings is 1. The summed E-state index contributed by atoms with van der Waals surface area (Å²) >= 11 is 4.50. The van der Waals surface area contributed by atoms with Crippen LogP contribution >= 0.6 is 34.6 Å². The molecule has 2 atom stereocenters. The van der Waals surface area contributed by atoms with E-state index in [0.29, 0.717) is 5.75 Å². The first-order chi connectivity index (χ1) is 20.4. The van der Waals surface area contributed by atoms with E-state index in [1.54, 1.807) is 19.2 Å². The third kappa shape index (κ3) is 5.71. The molecule has 42 heavy (non-hydrogen) atoms. The van der Waals surface area contributed by atoms with Gasteiger partial charge in [-0.2, -0.15) is 0 Å². The fraction of sp³-hybridized carbons (Fsp3) is 0.152. The summed E-state index contributed by atoms with van der Waals surface area (Å²) in [5.74, 6) is -0.215. The number of carbonyl (C=O) groups excluding carboxylic acids is 3. The Balaban J connectivity index is 1.82. The highest BCUT2D eigenvalue weighted by atomic mass is 79.9. The molecule has 0 bridgehead atoms. The van der Waals surface area contributed by atoms with Gasteiger partial charge in [0.25, 0.3) is 0 Å². The van der Waals surface area contributed by atoms with Gasteiger partial charge in [0.2, 0.25) is 5.91 Å². The van der Waals surface area contributed by atoms with Crippen molar-refractivity contribution >= 4 is 72.9 Å². The Kier molecular flexibility index (Phi) is 9.37. The van der Waals surface area contributed by atoms with Crippen molar-refractivity contribution in [3.8, 4) is 5.75 Å². The second-order valence-electron chi connectivity index (χ2n) is 9.54. The zero-order valence-corrected chi connectivity index (χ0v) is 26.4. The molecule has 4 aromatic rings. The van der Waals surface area contributed by atoms with Crippen LogP contribution in [-0.4, -0.2) is 44.6 Å². The molecule has 6 nitrogen and oxygen atoms in total. The van der Waals surface area contributed by atoms with E-state index >= 15 is 0 Å². The van der Waals surface area contributed by atoms with Gasteiger partial charge in [-0.25, -0.2) is 4.79 Å². The van der Waals surface area contributed by atoms with Gasteiger partial charge in [-0.15, -0.1) is 0 Å². The molecule has 0 saturated carbocycles. The molecule has 5 rings (SSSR count). The minimum absolute atomic E-state index is 0.00497. The SMILES string of the molecule is COc1ccc(COC(=O)C(N2C(=O)[C@@H](Br)[C@H]2SC(C)=O)=P(c2ccccc2)(c2ccccc2)c2ccccc2)cc1. The number of likely N-dealkylation sites (tertiary alicyclic amines) is 1. The number of hydrogen-bond donors (Lipinski definition) is 0. The van der Waals surface area contributed by atoms with Gasteiger partial charge in [0.15, 0.2) is 5.12 Å². The van der Waals surface area contributed by atoms with Crippen LogP contribution in [0.15, 0.2) is 115 Å². The second-order valence-corrected chi connectivity index (χ2v) is 15.1. The van der Waals surface area contributed by atoms with Crippen LogP contribution in [0.1, 0.15) is 12.5 Å². The van der Waals surface area contributed by atoms with E-state index in [9.17, 15) is 14.4 Å². The van der Waals surface area contributed by atoms with Gasteiger partial charge in [-0.1, -0.05) is 131 Å². The summed E-state index contributed by atoms with van der Waals surface area (Å²) in [5, 5.41) is 1.88. The lowest BCUT2D eigenvalue weighted by Crippen LogP contribution is -2.65. The summed E-state index contributed by atoms with van der Waals surface area (Å²) in [6.07, 6.45) is 0. The average Bonchev–Trinajstić information content (AvgIpc) is 3.04. The van der Waals surface area contributed by atoms with E-state index in [1.165, 1.54) is 11.8 Å². The molecule has 214 valence electrons. The highest BCUT2D eigenvalue weighted by Crippen LogP contribution is 2.50. The molecule has 9 heteroatoms. The lowest BCUT2D eigenvalue weighted by molar-refractivity contribution is -0.142. The Morgan fingerprint density at radius 1 is 0.810 bits per heavy atom. The number of ether oxygens (including phenoxy) is 2. The van der Waals surface area contributed by atoms with Gasteiger partial charge in [-0.3, -0.25) is 14.5 Å². The molecule has 0 aliphatic carbocycles. The third-order valence-electron chi connectivity index (χ3n) is 6.95. The van der Waals surface area contributed by atoms with Gasteiger partial charge in [0.05, 0.1) is 7.11 Å². The van der Waals surface area contributed by atoms with Gasteiger partial charge in [0.1, 0.15) is 28.0 Å². The zero-order chi connectivity index (χ0) is 29.7. The maximum Gasteiger partial charge on any atom is 0.356 e. The highest BCUT2D eigenvalue weighted by molar-refractivity contribution is 9.10. The molecule has 1 heterocycles. The predicted octanol–water partition coefficient (Wildman–Crippen LogP) is 5.07. The van der Waals surface area contributed by atoms with Crippen molar-refractivity contribution in [1.29, 1.82) is 0 Å². The number of thioether (sulfide) groups is 1. The molecule has 1 saturated heterocycles. The Labute approximate surface area is 258 Å². The number of nitrogens with zero attached hydrogens (tertiary/aromatic N) is 1. The molecule has 0 unspecified atom stereocenters. The molecular formula is C33H29BrNO5PS. The smallest absolute Gasteiger partial charge is 0.356 e. The Hall–Kier alpha value is -3.58. The number of methoxy groups -OCH3 is 1. The van der Waals surface area contributed by atoms with Crippen molar-refractivity contribution in [2.75, 3.05) is 7.11 Å². The summed E-state index contributed by atoms with van der Waals surface area (Å²) in [6, 6.07) is 36.6. The van der Waals surface area contributed by atoms with Crippen LogP contribution in [0.3, 0.4) is 0 Å². The number of halogens is 1. The molecule has 0 radical (unpaired) electrons. The number of hydrogen-bond acceptors (Lipinski definition) is 6. The van der Waals surface area contributed by atoms with Crippen LogP contribution in [0.4, 0.5) is 0 Å². The molecule has 1 fully saturated rings. The summed E-state index contributed by atoms with van der Waals surface area (Å²) in [7, 11) is 1.59. The number of benzene rings is 4. The van der Waals surface area contributed by atoms with E-state index in [4.69, 9.17) is 9.47 Å². The number of alkyl halides is 1. The van der Waals surface area contributed by atoms with E-state index in [2.05, 4.69) is 15.9 Å². The fourth-order valence-electron chi connectivity index (χ4n) is 5.04. The first kappa shape index (κ1) is 29.9. The van der Waals surface area contributed by atoms with Crippen molar-refractivity contribution < 1.29 is 23.9 Å². The molecule has 0 aromatic heterocycles. The topological polar surface area (TPSA) is 72.9 Å². The first-order valence-corrected chi connectivity index (χ1v) is 16.8. The van der Waals surface area contributed by atoms with Gasteiger partial charge >= 0.3 is 5.97 Å². The molecule has 1 amide bonds. The summed E-state index contributed by atoms with van der Waals surface area (Å²) in [5.41, 5.74) is 1.01. The first-order valence-electron chi connectivity index (χ1n) is 13.3. The summed E-state index contributed by atoms with van der Waals surface area (Å²) < 4.78 is 11.3. The molecule has 1 aliphatic heterocycles. The lowest BCUT2D eigenvalue weighted by atomic mass is 10.2. The third-order valence-corrected chi connectivity index (χ3v) is 13.5. The number of rotatable bonds is 9. The van der Waals surface area contributed by atoms with Crippen LogP contribution in [0.2, 0.25) is 0 Å². The molecule has 4 aromatic carbocycles. The minimum atomic E-state index is -3.04. The van der Waals surface area contributed by atoms with E-state index in [1.807, 2.05) is 103 Å². The van der Waals surface area contributed by atoms with E-state index in [0.717, 1.165) is 33.2 Å². The molecule has 1 aliphatic rings. The van der Waals surface area contributed by atoms with Crippen molar-refractivity contribution in [3.63, 3.8) is 0 Å². The average molecular weight is 663 g/mol. The minimum Gasteiger partial charge on any atom is -0.497 e.